The van der Waals surface area contributed by atoms with E-state index >= 15 is 0 Å². The zero-order valence-electron chi connectivity index (χ0n) is 13.3. The number of hydrogen-bond donors (Lipinski definition) is 1. The maximum Gasteiger partial charge on any atom is 0.214 e. The summed E-state index contributed by atoms with van der Waals surface area (Å²) in [5, 5.41) is 0. The van der Waals surface area contributed by atoms with Crippen LogP contribution in [0, 0.1) is 0 Å². The van der Waals surface area contributed by atoms with Crippen LogP contribution in [0.2, 0.25) is 0 Å². The number of nitrogens with two attached hydrogens (primary N) is 1. The van der Waals surface area contributed by atoms with Gasteiger partial charge in [0, 0.05) is 38.3 Å². The summed E-state index contributed by atoms with van der Waals surface area (Å²) in [6.45, 7) is 7.33. The summed E-state index contributed by atoms with van der Waals surface area (Å²) in [7, 11) is 1.66. The molecule has 5 nitrogen and oxygen atoms in total. The van der Waals surface area contributed by atoms with Crippen molar-refractivity contribution < 1.29 is 4.74 Å². The largest absolute Gasteiger partial charge is 0.481 e. The van der Waals surface area contributed by atoms with Crippen molar-refractivity contribution in [2.75, 3.05) is 44.7 Å². The van der Waals surface area contributed by atoms with E-state index in [1.165, 1.54) is 12.8 Å². The number of ether oxygens (including phenoxy) is 1. The molecule has 0 radical (unpaired) electrons. The van der Waals surface area contributed by atoms with E-state index in [0.717, 1.165) is 45.0 Å². The third-order valence-electron chi connectivity index (χ3n) is 4.26. The van der Waals surface area contributed by atoms with Crippen molar-refractivity contribution >= 4 is 5.82 Å². The molecule has 0 saturated carbocycles. The second-order valence-electron chi connectivity index (χ2n) is 5.55. The van der Waals surface area contributed by atoms with Crippen LogP contribution in [0.15, 0.2) is 18.2 Å². The average molecular weight is 292 g/mol. The molecule has 21 heavy (non-hydrogen) atoms. The van der Waals surface area contributed by atoms with E-state index in [9.17, 15) is 0 Å². The van der Waals surface area contributed by atoms with Crippen LogP contribution in [-0.2, 0) is 0 Å². The van der Waals surface area contributed by atoms with E-state index < -0.39 is 0 Å². The topological polar surface area (TPSA) is 54.6 Å². The molecule has 2 N–H and O–H groups in total. The SMILES string of the molecule is CCC(CCN)N1CCCN(c2cccc(OC)n2)CC1. The van der Waals surface area contributed by atoms with Crippen molar-refractivity contribution in [2.45, 2.75) is 32.2 Å². The van der Waals surface area contributed by atoms with E-state index in [1.54, 1.807) is 7.11 Å². The normalized spacial score (nSPS) is 18.3. The molecule has 1 unspecified atom stereocenters. The van der Waals surface area contributed by atoms with Gasteiger partial charge in [0.1, 0.15) is 5.82 Å². The summed E-state index contributed by atoms with van der Waals surface area (Å²) < 4.78 is 5.22. The Kier molecular flexibility index (Phi) is 6.26. The minimum absolute atomic E-state index is 0.619. The molecule has 5 heteroatoms. The highest BCUT2D eigenvalue weighted by molar-refractivity contribution is 5.40. The Labute approximate surface area is 128 Å². The molecule has 1 saturated heterocycles. The van der Waals surface area contributed by atoms with Gasteiger partial charge in [-0.3, -0.25) is 4.90 Å². The Morgan fingerprint density at radius 1 is 1.29 bits per heavy atom. The Hall–Kier alpha value is -1.33. The van der Waals surface area contributed by atoms with Gasteiger partial charge >= 0.3 is 0 Å². The fourth-order valence-electron chi connectivity index (χ4n) is 3.06. The smallest absolute Gasteiger partial charge is 0.214 e. The lowest BCUT2D eigenvalue weighted by molar-refractivity contribution is 0.196. The van der Waals surface area contributed by atoms with Crippen LogP contribution in [0.1, 0.15) is 26.2 Å². The number of rotatable bonds is 6. The van der Waals surface area contributed by atoms with Gasteiger partial charge in [-0.25, -0.2) is 0 Å². The summed E-state index contributed by atoms with van der Waals surface area (Å²) in [6, 6.07) is 6.58. The summed E-state index contributed by atoms with van der Waals surface area (Å²) in [5.74, 6) is 1.70. The van der Waals surface area contributed by atoms with Crippen LogP contribution in [0.5, 0.6) is 5.88 Å². The molecule has 0 amide bonds. The molecule has 0 aliphatic carbocycles. The van der Waals surface area contributed by atoms with Crippen LogP contribution in [-0.4, -0.2) is 55.8 Å². The first-order valence-corrected chi connectivity index (χ1v) is 7.98. The number of pyridine rings is 1. The lowest BCUT2D eigenvalue weighted by atomic mass is 10.1. The molecule has 2 heterocycles. The van der Waals surface area contributed by atoms with Crippen molar-refractivity contribution in [2.24, 2.45) is 5.73 Å². The highest BCUT2D eigenvalue weighted by atomic mass is 16.5. The van der Waals surface area contributed by atoms with Crippen LogP contribution in [0.4, 0.5) is 5.82 Å². The summed E-state index contributed by atoms with van der Waals surface area (Å²) in [6.07, 6.45) is 3.43. The van der Waals surface area contributed by atoms with Crippen molar-refractivity contribution in [3.05, 3.63) is 18.2 Å². The highest BCUT2D eigenvalue weighted by Crippen LogP contribution is 2.19. The summed E-state index contributed by atoms with van der Waals surface area (Å²) >= 11 is 0. The number of nitrogens with zero attached hydrogens (tertiary/aromatic N) is 3. The van der Waals surface area contributed by atoms with E-state index in [0.29, 0.717) is 11.9 Å². The predicted molar refractivity (Wildman–Crippen MR) is 86.9 cm³/mol. The minimum Gasteiger partial charge on any atom is -0.481 e. The van der Waals surface area contributed by atoms with Gasteiger partial charge in [0.25, 0.3) is 0 Å². The van der Waals surface area contributed by atoms with Crippen molar-refractivity contribution in [3.63, 3.8) is 0 Å². The van der Waals surface area contributed by atoms with Crippen molar-refractivity contribution in [3.8, 4) is 5.88 Å². The molecule has 1 aromatic heterocycles. The van der Waals surface area contributed by atoms with Gasteiger partial charge in [0.2, 0.25) is 5.88 Å². The number of methoxy groups -OCH3 is 1. The molecule has 1 fully saturated rings. The van der Waals surface area contributed by atoms with Gasteiger partial charge in [-0.15, -0.1) is 0 Å². The van der Waals surface area contributed by atoms with Crippen LogP contribution >= 0.6 is 0 Å². The van der Waals surface area contributed by atoms with E-state index in [2.05, 4.69) is 27.8 Å². The standard InChI is InChI=1S/C16H28N4O/c1-3-14(8-9-17)19-10-5-11-20(13-12-19)15-6-4-7-16(18-15)21-2/h4,6-7,14H,3,5,8-13,17H2,1-2H3. The van der Waals surface area contributed by atoms with Gasteiger partial charge in [0.15, 0.2) is 0 Å². The molecule has 118 valence electrons. The van der Waals surface area contributed by atoms with Crippen LogP contribution in [0.25, 0.3) is 0 Å². The average Bonchev–Trinajstić information content (AvgIpc) is 2.78. The maximum atomic E-state index is 5.74. The Morgan fingerprint density at radius 3 is 2.86 bits per heavy atom. The zero-order chi connectivity index (χ0) is 15.1. The van der Waals surface area contributed by atoms with E-state index in [1.807, 2.05) is 12.1 Å². The third kappa shape index (κ3) is 4.32. The first-order chi connectivity index (χ1) is 10.3. The molecule has 1 atom stereocenters. The maximum absolute atomic E-state index is 5.74. The monoisotopic (exact) mass is 292 g/mol. The molecule has 1 aliphatic rings. The van der Waals surface area contributed by atoms with Gasteiger partial charge in [-0.2, -0.15) is 4.98 Å². The first kappa shape index (κ1) is 16.0. The molecule has 0 spiro atoms. The molecule has 1 aliphatic heterocycles. The molecule has 0 bridgehead atoms. The Bertz CT molecular complexity index is 426. The molecule has 1 aromatic rings. The van der Waals surface area contributed by atoms with Gasteiger partial charge < -0.3 is 15.4 Å². The molecule has 2 rings (SSSR count). The second-order valence-corrected chi connectivity index (χ2v) is 5.55. The van der Waals surface area contributed by atoms with Crippen LogP contribution in [0.3, 0.4) is 0 Å². The third-order valence-corrected chi connectivity index (χ3v) is 4.26. The van der Waals surface area contributed by atoms with Crippen molar-refractivity contribution in [1.82, 2.24) is 9.88 Å². The zero-order valence-corrected chi connectivity index (χ0v) is 13.3. The summed E-state index contributed by atoms with van der Waals surface area (Å²) in [5.41, 5.74) is 5.74. The fourth-order valence-corrected chi connectivity index (χ4v) is 3.06. The number of anilines is 1. The van der Waals surface area contributed by atoms with Crippen molar-refractivity contribution in [1.29, 1.82) is 0 Å². The lowest BCUT2D eigenvalue weighted by Crippen LogP contribution is -2.39. The Morgan fingerprint density at radius 2 is 2.14 bits per heavy atom. The minimum atomic E-state index is 0.619. The van der Waals surface area contributed by atoms with E-state index in [-0.39, 0.29) is 0 Å². The van der Waals surface area contributed by atoms with Gasteiger partial charge in [0.05, 0.1) is 7.11 Å². The predicted octanol–water partition coefficient (Wildman–Crippen LogP) is 1.73. The number of hydrogen-bond acceptors (Lipinski definition) is 5. The highest BCUT2D eigenvalue weighted by Gasteiger charge is 2.21. The molecular formula is C16H28N4O. The first-order valence-electron chi connectivity index (χ1n) is 7.98. The second kappa shape index (κ2) is 8.20. The fraction of sp³-hybridized carbons (Fsp3) is 0.688. The molecular weight excluding hydrogens is 264 g/mol. The number of aromatic nitrogens is 1. The van der Waals surface area contributed by atoms with E-state index in [4.69, 9.17) is 10.5 Å². The Balaban J connectivity index is 1.99. The quantitative estimate of drug-likeness (QED) is 0.865. The van der Waals surface area contributed by atoms with Gasteiger partial charge in [-0.1, -0.05) is 13.0 Å². The van der Waals surface area contributed by atoms with Gasteiger partial charge in [-0.05, 0) is 31.9 Å². The van der Waals surface area contributed by atoms with Crippen LogP contribution < -0.4 is 15.4 Å². The molecule has 0 aromatic carbocycles. The summed E-state index contributed by atoms with van der Waals surface area (Å²) in [4.78, 5) is 9.50. The lowest BCUT2D eigenvalue weighted by Gasteiger charge is -2.29.